The first-order valence-electron chi connectivity index (χ1n) is 6.72. The topological polar surface area (TPSA) is 69.2 Å². The van der Waals surface area contributed by atoms with Crippen molar-refractivity contribution in [2.24, 2.45) is 0 Å². The van der Waals surface area contributed by atoms with E-state index in [9.17, 15) is 0 Å². The van der Waals surface area contributed by atoms with Gasteiger partial charge in [0.2, 0.25) is 5.89 Å². The first-order chi connectivity index (χ1) is 9.72. The fourth-order valence-electron chi connectivity index (χ4n) is 1.91. The predicted octanol–water partition coefficient (Wildman–Crippen LogP) is 1.11. The molecule has 0 aliphatic heterocycles. The second-order valence-electron chi connectivity index (χ2n) is 4.66. The van der Waals surface area contributed by atoms with Gasteiger partial charge in [-0.25, -0.2) is 4.98 Å². The first-order valence-corrected chi connectivity index (χ1v) is 6.72. The van der Waals surface area contributed by atoms with E-state index in [0.29, 0.717) is 19.0 Å². The third-order valence-corrected chi connectivity index (χ3v) is 2.98. The Hall–Kier alpha value is -1.73. The molecule has 0 saturated carbocycles. The van der Waals surface area contributed by atoms with E-state index in [2.05, 4.69) is 24.6 Å². The van der Waals surface area contributed by atoms with E-state index in [1.807, 2.05) is 20.2 Å². The van der Waals surface area contributed by atoms with Gasteiger partial charge in [0, 0.05) is 32.5 Å². The second kappa shape index (κ2) is 7.16. The van der Waals surface area contributed by atoms with Crippen LogP contribution in [0.4, 0.5) is 0 Å². The Bertz CT molecular complexity index is 522. The van der Waals surface area contributed by atoms with Crippen LogP contribution in [0, 0.1) is 0 Å². The summed E-state index contributed by atoms with van der Waals surface area (Å²) < 4.78 is 12.4. The molecule has 20 heavy (non-hydrogen) atoms. The minimum absolute atomic E-state index is 0.615. The molecule has 0 radical (unpaired) electrons. The number of nitrogens with zero attached hydrogens (tertiary/aromatic N) is 5. The summed E-state index contributed by atoms with van der Waals surface area (Å²) in [5, 5.41) is 3.89. The molecule has 0 aromatic carbocycles. The van der Waals surface area contributed by atoms with E-state index < -0.39 is 0 Å². The quantitative estimate of drug-likeness (QED) is 0.721. The highest BCUT2D eigenvalue weighted by Gasteiger charge is 2.11. The Labute approximate surface area is 118 Å². The molecule has 0 spiro atoms. The highest BCUT2D eigenvalue weighted by Crippen LogP contribution is 2.06. The minimum atomic E-state index is 0.615. The van der Waals surface area contributed by atoms with E-state index in [4.69, 9.17) is 9.26 Å². The maximum absolute atomic E-state index is 5.19. The Morgan fingerprint density at radius 3 is 2.95 bits per heavy atom. The maximum atomic E-state index is 5.19. The van der Waals surface area contributed by atoms with Crippen molar-refractivity contribution in [3.05, 3.63) is 29.9 Å². The summed E-state index contributed by atoms with van der Waals surface area (Å²) in [5.74, 6) is 2.38. The molecule has 7 heteroatoms. The molecule has 0 amide bonds. The molecular weight excluding hydrogens is 258 g/mol. The molecule has 0 bridgehead atoms. The lowest BCUT2D eigenvalue weighted by Gasteiger charge is -2.15. The van der Waals surface area contributed by atoms with E-state index in [1.165, 1.54) is 0 Å². The van der Waals surface area contributed by atoms with Gasteiger partial charge >= 0.3 is 0 Å². The van der Waals surface area contributed by atoms with Crippen LogP contribution in [0.25, 0.3) is 0 Å². The standard InChI is InChI=1S/C13H21N5O2/c1-4-11-15-13(20-16-11)10-17(2)9-12-14-5-6-18(12)7-8-19-3/h5-6H,4,7-10H2,1-3H3. The van der Waals surface area contributed by atoms with Gasteiger partial charge in [0.1, 0.15) is 5.82 Å². The fraction of sp³-hybridized carbons (Fsp3) is 0.615. The van der Waals surface area contributed by atoms with E-state index in [1.54, 1.807) is 13.3 Å². The van der Waals surface area contributed by atoms with Gasteiger partial charge in [-0.15, -0.1) is 0 Å². The third-order valence-electron chi connectivity index (χ3n) is 2.98. The average molecular weight is 279 g/mol. The molecular formula is C13H21N5O2. The number of imidazole rings is 1. The smallest absolute Gasteiger partial charge is 0.240 e. The number of aryl methyl sites for hydroxylation is 1. The predicted molar refractivity (Wildman–Crippen MR) is 73.0 cm³/mol. The van der Waals surface area contributed by atoms with Crippen molar-refractivity contribution >= 4 is 0 Å². The molecule has 0 atom stereocenters. The number of ether oxygens (including phenoxy) is 1. The van der Waals surface area contributed by atoms with Crippen molar-refractivity contribution < 1.29 is 9.26 Å². The lowest BCUT2D eigenvalue weighted by Crippen LogP contribution is -2.21. The molecule has 7 nitrogen and oxygen atoms in total. The molecule has 0 fully saturated rings. The van der Waals surface area contributed by atoms with Gasteiger partial charge < -0.3 is 13.8 Å². The summed E-state index contributed by atoms with van der Waals surface area (Å²) >= 11 is 0. The third kappa shape index (κ3) is 3.88. The van der Waals surface area contributed by atoms with Gasteiger partial charge in [0.05, 0.1) is 19.7 Å². The Kier molecular flexibility index (Phi) is 5.25. The highest BCUT2D eigenvalue weighted by molar-refractivity contribution is 4.93. The molecule has 2 rings (SSSR count). The van der Waals surface area contributed by atoms with Crippen LogP contribution in [0.1, 0.15) is 24.5 Å². The van der Waals surface area contributed by atoms with E-state index >= 15 is 0 Å². The normalized spacial score (nSPS) is 11.4. The van der Waals surface area contributed by atoms with Gasteiger partial charge in [-0.2, -0.15) is 4.98 Å². The number of methoxy groups -OCH3 is 1. The molecule has 0 unspecified atom stereocenters. The van der Waals surface area contributed by atoms with Crippen LogP contribution in [0.3, 0.4) is 0 Å². The number of hydrogen-bond donors (Lipinski definition) is 0. The zero-order valence-corrected chi connectivity index (χ0v) is 12.2. The molecule has 2 aromatic heterocycles. The lowest BCUT2D eigenvalue weighted by molar-refractivity contribution is 0.184. The van der Waals surface area contributed by atoms with Gasteiger partial charge in [-0.3, -0.25) is 4.90 Å². The number of hydrogen-bond acceptors (Lipinski definition) is 6. The van der Waals surface area contributed by atoms with Crippen LogP contribution in [0.15, 0.2) is 16.9 Å². The van der Waals surface area contributed by atoms with Crippen LogP contribution in [0.2, 0.25) is 0 Å². The van der Waals surface area contributed by atoms with Crippen LogP contribution in [-0.2, 0) is 30.8 Å². The van der Waals surface area contributed by atoms with Crippen LogP contribution in [0.5, 0.6) is 0 Å². The highest BCUT2D eigenvalue weighted by atomic mass is 16.5. The van der Waals surface area contributed by atoms with Crippen LogP contribution < -0.4 is 0 Å². The molecule has 0 saturated heterocycles. The molecule has 0 aliphatic carbocycles. The van der Waals surface area contributed by atoms with Gasteiger partial charge in [-0.05, 0) is 7.05 Å². The Morgan fingerprint density at radius 1 is 1.40 bits per heavy atom. The minimum Gasteiger partial charge on any atom is -0.383 e. The van der Waals surface area contributed by atoms with Crippen molar-refractivity contribution in [2.45, 2.75) is 33.0 Å². The zero-order chi connectivity index (χ0) is 14.4. The van der Waals surface area contributed by atoms with Crippen molar-refractivity contribution in [1.29, 1.82) is 0 Å². The van der Waals surface area contributed by atoms with Gasteiger partial charge in [0.15, 0.2) is 5.82 Å². The largest absolute Gasteiger partial charge is 0.383 e. The summed E-state index contributed by atoms with van der Waals surface area (Å²) in [7, 11) is 3.70. The molecule has 0 aliphatic rings. The van der Waals surface area contributed by atoms with Crippen molar-refractivity contribution in [3.63, 3.8) is 0 Å². The van der Waals surface area contributed by atoms with Crippen molar-refractivity contribution in [3.8, 4) is 0 Å². The van der Waals surface area contributed by atoms with E-state index in [0.717, 1.165) is 31.2 Å². The fourth-order valence-corrected chi connectivity index (χ4v) is 1.91. The van der Waals surface area contributed by atoms with Gasteiger partial charge in [0.25, 0.3) is 0 Å². The summed E-state index contributed by atoms with van der Waals surface area (Å²) in [5.41, 5.74) is 0. The van der Waals surface area contributed by atoms with Crippen LogP contribution in [-0.4, -0.2) is 45.4 Å². The molecule has 0 N–H and O–H groups in total. The molecule has 2 aromatic rings. The van der Waals surface area contributed by atoms with Crippen molar-refractivity contribution in [1.82, 2.24) is 24.6 Å². The van der Waals surface area contributed by atoms with E-state index in [-0.39, 0.29) is 0 Å². The summed E-state index contributed by atoms with van der Waals surface area (Å²) in [4.78, 5) is 10.8. The van der Waals surface area contributed by atoms with Crippen LogP contribution >= 0.6 is 0 Å². The first kappa shape index (κ1) is 14.7. The average Bonchev–Trinajstić information content (AvgIpc) is 3.05. The Balaban J connectivity index is 1.90. The molecule has 2 heterocycles. The number of rotatable bonds is 8. The van der Waals surface area contributed by atoms with Crippen molar-refractivity contribution in [2.75, 3.05) is 20.8 Å². The summed E-state index contributed by atoms with van der Waals surface area (Å²) in [6.45, 7) is 4.83. The SMILES string of the molecule is CCc1noc(CN(C)Cc2nccn2CCOC)n1. The monoisotopic (exact) mass is 279 g/mol. The summed E-state index contributed by atoms with van der Waals surface area (Å²) in [6.07, 6.45) is 4.55. The maximum Gasteiger partial charge on any atom is 0.240 e. The van der Waals surface area contributed by atoms with Gasteiger partial charge in [-0.1, -0.05) is 12.1 Å². The lowest BCUT2D eigenvalue weighted by atomic mass is 10.4. The Morgan fingerprint density at radius 2 is 2.25 bits per heavy atom. The summed E-state index contributed by atoms with van der Waals surface area (Å²) in [6, 6.07) is 0. The zero-order valence-electron chi connectivity index (χ0n) is 12.2. The molecule has 110 valence electrons. The number of aromatic nitrogens is 4. The second-order valence-corrected chi connectivity index (χ2v) is 4.66.